The van der Waals surface area contributed by atoms with E-state index in [9.17, 15) is 4.79 Å². The molecule has 0 saturated heterocycles. The third-order valence-electron chi connectivity index (χ3n) is 3.54. The first-order valence-electron chi connectivity index (χ1n) is 6.48. The van der Waals surface area contributed by atoms with Crippen molar-refractivity contribution in [3.63, 3.8) is 0 Å². The van der Waals surface area contributed by atoms with E-state index in [4.69, 9.17) is 4.74 Å². The molecule has 0 heterocycles. The lowest BCUT2D eigenvalue weighted by Crippen LogP contribution is -2.29. The molecule has 1 aliphatic rings. The lowest BCUT2D eigenvalue weighted by atomic mass is 9.84. The Morgan fingerprint density at radius 1 is 1.29 bits per heavy atom. The predicted octanol–water partition coefficient (Wildman–Crippen LogP) is 3.35. The molecule has 2 unspecified atom stereocenters. The summed E-state index contributed by atoms with van der Waals surface area (Å²) in [4.78, 5) is 11.6. The number of hydrogen-bond acceptors (Lipinski definition) is 2. The maximum absolute atomic E-state index is 11.6. The standard InChI is InChI=1S/C15H20O2/c1-2-13-10-14(8-9-15(13)16)17-11-12-6-4-3-5-7-12/h3-7,13-14H,2,8-11H2,1H3. The zero-order valence-corrected chi connectivity index (χ0v) is 10.4. The first-order chi connectivity index (χ1) is 8.29. The van der Waals surface area contributed by atoms with E-state index < -0.39 is 0 Å². The summed E-state index contributed by atoms with van der Waals surface area (Å²) in [5.41, 5.74) is 1.21. The molecule has 0 aromatic heterocycles. The Kier molecular flexibility index (Phi) is 4.32. The average Bonchev–Trinajstić information content (AvgIpc) is 2.39. The summed E-state index contributed by atoms with van der Waals surface area (Å²) in [6.45, 7) is 2.75. The fraction of sp³-hybridized carbons (Fsp3) is 0.533. The number of ketones is 1. The summed E-state index contributed by atoms with van der Waals surface area (Å²) in [5.74, 6) is 0.650. The second kappa shape index (κ2) is 5.97. The van der Waals surface area contributed by atoms with Crippen LogP contribution < -0.4 is 0 Å². The number of carbonyl (C=O) groups excluding carboxylic acids is 1. The molecule has 0 spiro atoms. The van der Waals surface area contributed by atoms with Gasteiger partial charge in [-0.3, -0.25) is 4.79 Å². The number of rotatable bonds is 4. The first-order valence-corrected chi connectivity index (χ1v) is 6.48. The highest BCUT2D eigenvalue weighted by atomic mass is 16.5. The smallest absolute Gasteiger partial charge is 0.136 e. The molecule has 2 atom stereocenters. The first kappa shape index (κ1) is 12.3. The summed E-state index contributed by atoms with van der Waals surface area (Å²) in [6, 6.07) is 10.2. The van der Waals surface area contributed by atoms with Gasteiger partial charge in [-0.1, -0.05) is 37.3 Å². The highest BCUT2D eigenvalue weighted by Gasteiger charge is 2.27. The van der Waals surface area contributed by atoms with Crippen molar-refractivity contribution in [1.82, 2.24) is 0 Å². The van der Waals surface area contributed by atoms with Crippen LogP contribution in [0.5, 0.6) is 0 Å². The van der Waals surface area contributed by atoms with Crippen LogP contribution in [0.15, 0.2) is 30.3 Å². The van der Waals surface area contributed by atoms with Crippen LogP contribution in [0.2, 0.25) is 0 Å². The van der Waals surface area contributed by atoms with Gasteiger partial charge in [-0.2, -0.15) is 0 Å². The molecule has 0 amide bonds. The van der Waals surface area contributed by atoms with Gasteiger partial charge in [0.15, 0.2) is 0 Å². The number of carbonyl (C=O) groups is 1. The van der Waals surface area contributed by atoms with Gasteiger partial charge < -0.3 is 4.74 Å². The van der Waals surface area contributed by atoms with Gasteiger partial charge in [0.05, 0.1) is 12.7 Å². The minimum atomic E-state index is 0.226. The molecule has 0 N–H and O–H groups in total. The van der Waals surface area contributed by atoms with E-state index in [1.54, 1.807) is 0 Å². The third kappa shape index (κ3) is 3.40. The van der Waals surface area contributed by atoms with Crippen molar-refractivity contribution >= 4 is 5.78 Å². The fourth-order valence-corrected chi connectivity index (χ4v) is 2.41. The molecule has 0 radical (unpaired) electrons. The molecule has 2 nitrogen and oxygen atoms in total. The fourth-order valence-electron chi connectivity index (χ4n) is 2.41. The molecule has 1 fully saturated rings. The molecule has 0 bridgehead atoms. The van der Waals surface area contributed by atoms with Crippen LogP contribution in [0.4, 0.5) is 0 Å². The molecular weight excluding hydrogens is 212 g/mol. The maximum atomic E-state index is 11.6. The van der Waals surface area contributed by atoms with Gasteiger partial charge in [-0.25, -0.2) is 0 Å². The number of ether oxygens (including phenoxy) is 1. The van der Waals surface area contributed by atoms with Crippen LogP contribution in [0.1, 0.15) is 38.2 Å². The molecule has 17 heavy (non-hydrogen) atoms. The number of hydrogen-bond donors (Lipinski definition) is 0. The Balaban J connectivity index is 1.82. The quantitative estimate of drug-likeness (QED) is 0.795. The van der Waals surface area contributed by atoms with Gasteiger partial charge in [-0.15, -0.1) is 0 Å². The Morgan fingerprint density at radius 2 is 2.06 bits per heavy atom. The van der Waals surface area contributed by atoms with E-state index in [1.165, 1.54) is 5.56 Å². The second-order valence-corrected chi connectivity index (χ2v) is 4.76. The van der Waals surface area contributed by atoms with Gasteiger partial charge in [0.2, 0.25) is 0 Å². The summed E-state index contributed by atoms with van der Waals surface area (Å²) in [7, 11) is 0. The van der Waals surface area contributed by atoms with E-state index >= 15 is 0 Å². The molecule has 0 aliphatic heterocycles. The summed E-state index contributed by atoms with van der Waals surface area (Å²) < 4.78 is 5.90. The summed E-state index contributed by atoms with van der Waals surface area (Å²) in [6.07, 6.45) is 3.70. The van der Waals surface area contributed by atoms with Crippen molar-refractivity contribution in [2.75, 3.05) is 0 Å². The van der Waals surface area contributed by atoms with E-state index in [0.717, 1.165) is 19.3 Å². The highest BCUT2D eigenvalue weighted by molar-refractivity contribution is 5.81. The molecule has 1 aromatic carbocycles. The average molecular weight is 232 g/mol. The van der Waals surface area contributed by atoms with Gasteiger partial charge >= 0.3 is 0 Å². The van der Waals surface area contributed by atoms with Crippen molar-refractivity contribution in [3.8, 4) is 0 Å². The van der Waals surface area contributed by atoms with E-state index in [0.29, 0.717) is 18.8 Å². The topological polar surface area (TPSA) is 26.3 Å². The van der Waals surface area contributed by atoms with Gasteiger partial charge in [0, 0.05) is 12.3 Å². The summed E-state index contributed by atoms with van der Waals surface area (Å²) >= 11 is 0. The minimum absolute atomic E-state index is 0.226. The third-order valence-corrected chi connectivity index (χ3v) is 3.54. The Morgan fingerprint density at radius 3 is 2.76 bits per heavy atom. The Bertz CT molecular complexity index is 358. The largest absolute Gasteiger partial charge is 0.374 e. The normalized spacial score (nSPS) is 24.9. The van der Waals surface area contributed by atoms with Crippen LogP contribution in [-0.4, -0.2) is 11.9 Å². The zero-order valence-electron chi connectivity index (χ0n) is 10.4. The van der Waals surface area contributed by atoms with Gasteiger partial charge in [-0.05, 0) is 24.8 Å². The second-order valence-electron chi connectivity index (χ2n) is 4.76. The van der Waals surface area contributed by atoms with Crippen molar-refractivity contribution in [2.24, 2.45) is 5.92 Å². The molecular formula is C15H20O2. The van der Waals surface area contributed by atoms with E-state index in [1.807, 2.05) is 18.2 Å². The van der Waals surface area contributed by atoms with Crippen molar-refractivity contribution in [1.29, 1.82) is 0 Å². The van der Waals surface area contributed by atoms with Gasteiger partial charge in [0.25, 0.3) is 0 Å². The van der Waals surface area contributed by atoms with Crippen LogP contribution >= 0.6 is 0 Å². The molecule has 1 aromatic rings. The van der Waals surface area contributed by atoms with Crippen LogP contribution in [0.3, 0.4) is 0 Å². The van der Waals surface area contributed by atoms with Crippen molar-refractivity contribution < 1.29 is 9.53 Å². The monoisotopic (exact) mass is 232 g/mol. The van der Waals surface area contributed by atoms with Crippen molar-refractivity contribution in [2.45, 2.75) is 45.3 Å². The lowest BCUT2D eigenvalue weighted by Gasteiger charge is -2.27. The highest BCUT2D eigenvalue weighted by Crippen LogP contribution is 2.26. The number of Topliss-reactive ketones (excluding diaryl/α,β-unsaturated/α-hetero) is 1. The lowest BCUT2D eigenvalue weighted by molar-refractivity contribution is -0.128. The van der Waals surface area contributed by atoms with E-state index in [-0.39, 0.29) is 12.0 Å². The molecule has 1 saturated carbocycles. The molecule has 92 valence electrons. The predicted molar refractivity (Wildman–Crippen MR) is 67.7 cm³/mol. The Hall–Kier alpha value is -1.15. The zero-order chi connectivity index (χ0) is 12.1. The molecule has 2 heteroatoms. The summed E-state index contributed by atoms with van der Waals surface area (Å²) in [5, 5.41) is 0. The Labute approximate surface area is 103 Å². The van der Waals surface area contributed by atoms with Gasteiger partial charge in [0.1, 0.15) is 5.78 Å². The van der Waals surface area contributed by atoms with Crippen molar-refractivity contribution in [3.05, 3.63) is 35.9 Å². The minimum Gasteiger partial charge on any atom is -0.374 e. The van der Waals surface area contributed by atoms with E-state index in [2.05, 4.69) is 19.1 Å². The van der Waals surface area contributed by atoms with Crippen LogP contribution in [-0.2, 0) is 16.1 Å². The molecule has 2 rings (SSSR count). The maximum Gasteiger partial charge on any atom is 0.136 e. The van der Waals surface area contributed by atoms with Crippen LogP contribution in [0.25, 0.3) is 0 Å². The molecule has 1 aliphatic carbocycles. The van der Waals surface area contributed by atoms with Crippen LogP contribution in [0, 0.1) is 5.92 Å². The SMILES string of the molecule is CCC1CC(OCc2ccccc2)CCC1=O. The number of benzene rings is 1.